The van der Waals surface area contributed by atoms with E-state index in [1.807, 2.05) is 73.7 Å². The second-order valence-electron chi connectivity index (χ2n) is 8.88. The number of unbranched alkanes of at least 4 members (excludes halogenated alkanes) is 2. The summed E-state index contributed by atoms with van der Waals surface area (Å²) in [5, 5.41) is 0. The summed E-state index contributed by atoms with van der Waals surface area (Å²) in [7, 11) is 0. The van der Waals surface area contributed by atoms with E-state index in [2.05, 4.69) is 13.5 Å². The van der Waals surface area contributed by atoms with Crippen molar-refractivity contribution in [3.8, 4) is 0 Å². The van der Waals surface area contributed by atoms with Crippen LogP contribution in [0, 0.1) is 6.92 Å². The van der Waals surface area contributed by atoms with Crippen molar-refractivity contribution in [1.82, 2.24) is 9.80 Å². The lowest BCUT2D eigenvalue weighted by atomic mass is 10.0. The third kappa shape index (κ3) is 7.99. The Hall–Kier alpha value is -3.60. The van der Waals surface area contributed by atoms with Crippen LogP contribution in [-0.4, -0.2) is 34.7 Å². The number of hydrogen-bond donors (Lipinski definition) is 0. The molecule has 1 aromatic heterocycles. The van der Waals surface area contributed by atoms with Crippen LogP contribution >= 0.6 is 0 Å². The molecular weight excluding hydrogens is 436 g/mol. The van der Waals surface area contributed by atoms with Crippen molar-refractivity contribution in [2.24, 2.45) is 0 Å². The maximum absolute atomic E-state index is 13.4. The van der Waals surface area contributed by atoms with Crippen LogP contribution in [0.25, 0.3) is 0 Å². The van der Waals surface area contributed by atoms with E-state index in [1.54, 1.807) is 15.9 Å². The Morgan fingerprint density at radius 2 is 1.63 bits per heavy atom. The van der Waals surface area contributed by atoms with Gasteiger partial charge in [0.15, 0.2) is 0 Å². The minimum Gasteiger partial charge on any atom is -0.464 e. The predicted octanol–water partition coefficient (Wildman–Crippen LogP) is 6.18. The largest absolute Gasteiger partial charge is 0.464 e. The van der Waals surface area contributed by atoms with Gasteiger partial charge in [-0.1, -0.05) is 68.3 Å². The van der Waals surface area contributed by atoms with Crippen molar-refractivity contribution in [2.45, 2.75) is 52.6 Å². The minimum absolute atomic E-state index is 0.0321. The summed E-state index contributed by atoms with van der Waals surface area (Å²) in [5.41, 5.74) is 2.82. The van der Waals surface area contributed by atoms with E-state index in [0.29, 0.717) is 31.0 Å². The summed E-state index contributed by atoms with van der Waals surface area (Å²) in [6.45, 7) is 8.89. The van der Waals surface area contributed by atoms with Crippen molar-refractivity contribution in [2.75, 3.05) is 13.1 Å². The van der Waals surface area contributed by atoms with Gasteiger partial charge in [0.1, 0.15) is 18.1 Å². The first-order valence-electron chi connectivity index (χ1n) is 12.4. The summed E-state index contributed by atoms with van der Waals surface area (Å²) in [5.74, 6) is 1.20. The quantitative estimate of drug-likeness (QED) is 0.221. The molecule has 2 amide bonds. The third-order valence-corrected chi connectivity index (χ3v) is 5.94. The van der Waals surface area contributed by atoms with Gasteiger partial charge < -0.3 is 14.2 Å². The average molecular weight is 473 g/mol. The summed E-state index contributed by atoms with van der Waals surface area (Å²) in [6, 6.07) is 21.3. The lowest BCUT2D eigenvalue weighted by Crippen LogP contribution is -2.42. The number of carbonyl (C=O) groups excluding carboxylic acids is 2. The first kappa shape index (κ1) is 26.0. The van der Waals surface area contributed by atoms with Gasteiger partial charge in [0.2, 0.25) is 5.91 Å². The molecule has 35 heavy (non-hydrogen) atoms. The number of benzene rings is 2. The van der Waals surface area contributed by atoms with Crippen LogP contribution in [0.2, 0.25) is 0 Å². The molecule has 0 unspecified atom stereocenters. The molecular formula is C30H36N2O3. The van der Waals surface area contributed by atoms with Gasteiger partial charge in [0, 0.05) is 18.7 Å². The van der Waals surface area contributed by atoms with E-state index in [-0.39, 0.29) is 18.4 Å². The van der Waals surface area contributed by atoms with Crippen molar-refractivity contribution >= 4 is 11.8 Å². The predicted molar refractivity (Wildman–Crippen MR) is 140 cm³/mol. The Labute approximate surface area is 209 Å². The zero-order valence-electron chi connectivity index (χ0n) is 20.9. The number of amides is 2. The van der Waals surface area contributed by atoms with Gasteiger partial charge in [-0.25, -0.2) is 0 Å². The zero-order chi connectivity index (χ0) is 25.0. The maximum atomic E-state index is 13.4. The standard InChI is InChI=1S/C30H36N2O3/c1-4-6-8-11-25-15-17-27(18-16-25)30(34)31(20-5-2)23-29(33)32(21-26-12-9-7-10-13-26)22-28-19-14-24(3)35-28/h5,7,9-10,12-19H,2,4,6,8,11,20-23H2,1,3H3. The number of rotatable bonds is 13. The molecule has 5 nitrogen and oxygen atoms in total. The maximum Gasteiger partial charge on any atom is 0.254 e. The van der Waals surface area contributed by atoms with E-state index in [1.165, 1.54) is 18.4 Å². The summed E-state index contributed by atoms with van der Waals surface area (Å²) in [6.07, 6.45) is 6.20. The molecule has 0 aliphatic rings. The van der Waals surface area contributed by atoms with Gasteiger partial charge >= 0.3 is 0 Å². The SMILES string of the molecule is C=CCN(CC(=O)N(Cc1ccccc1)Cc1ccc(C)o1)C(=O)c1ccc(CCCCC)cc1. The second kappa shape index (κ2) is 13.3. The van der Waals surface area contributed by atoms with E-state index in [4.69, 9.17) is 4.42 Å². The third-order valence-electron chi connectivity index (χ3n) is 5.94. The number of aryl methyl sites for hydroxylation is 2. The summed E-state index contributed by atoms with van der Waals surface area (Å²) >= 11 is 0. The monoisotopic (exact) mass is 472 g/mol. The molecule has 0 radical (unpaired) electrons. The molecule has 1 heterocycles. The van der Waals surface area contributed by atoms with Crippen molar-refractivity contribution in [3.05, 3.63) is 108 Å². The lowest BCUT2D eigenvalue weighted by molar-refractivity contribution is -0.133. The van der Waals surface area contributed by atoms with E-state index >= 15 is 0 Å². The van der Waals surface area contributed by atoms with Gasteiger partial charge in [0.25, 0.3) is 5.91 Å². The molecule has 0 aliphatic carbocycles. The lowest BCUT2D eigenvalue weighted by Gasteiger charge is -2.27. The molecule has 2 aromatic carbocycles. The Balaban J connectivity index is 1.73. The van der Waals surface area contributed by atoms with Gasteiger partial charge in [-0.15, -0.1) is 6.58 Å². The molecule has 0 saturated carbocycles. The Morgan fingerprint density at radius 1 is 0.886 bits per heavy atom. The topological polar surface area (TPSA) is 53.8 Å². The molecule has 0 bridgehead atoms. The fraction of sp³-hybridized carbons (Fsp3) is 0.333. The highest BCUT2D eigenvalue weighted by Gasteiger charge is 2.23. The van der Waals surface area contributed by atoms with Crippen molar-refractivity contribution in [3.63, 3.8) is 0 Å². The molecule has 3 rings (SSSR count). The van der Waals surface area contributed by atoms with Gasteiger partial charge in [0.05, 0.1) is 6.54 Å². The molecule has 0 N–H and O–H groups in total. The molecule has 3 aromatic rings. The van der Waals surface area contributed by atoms with Crippen LogP contribution in [0.1, 0.15) is 59.2 Å². The van der Waals surface area contributed by atoms with Crippen LogP contribution in [-0.2, 0) is 24.3 Å². The first-order chi connectivity index (χ1) is 17.0. The molecule has 0 fully saturated rings. The van der Waals surface area contributed by atoms with Crippen LogP contribution in [0.15, 0.2) is 83.8 Å². The number of furan rings is 1. The Kier molecular flexibility index (Phi) is 9.91. The second-order valence-corrected chi connectivity index (χ2v) is 8.88. The normalized spacial score (nSPS) is 10.7. The Morgan fingerprint density at radius 3 is 2.26 bits per heavy atom. The summed E-state index contributed by atoms with van der Waals surface area (Å²) in [4.78, 5) is 30.0. The smallest absolute Gasteiger partial charge is 0.254 e. The number of hydrogen-bond acceptors (Lipinski definition) is 3. The van der Waals surface area contributed by atoms with Gasteiger partial charge in [-0.05, 0) is 55.2 Å². The minimum atomic E-state index is -0.174. The fourth-order valence-electron chi connectivity index (χ4n) is 4.01. The zero-order valence-corrected chi connectivity index (χ0v) is 20.9. The highest BCUT2D eigenvalue weighted by Crippen LogP contribution is 2.15. The van der Waals surface area contributed by atoms with Crippen LogP contribution in [0.5, 0.6) is 0 Å². The van der Waals surface area contributed by atoms with Crippen molar-refractivity contribution in [1.29, 1.82) is 0 Å². The fourth-order valence-corrected chi connectivity index (χ4v) is 4.01. The highest BCUT2D eigenvalue weighted by atomic mass is 16.3. The summed E-state index contributed by atoms with van der Waals surface area (Å²) < 4.78 is 5.73. The highest BCUT2D eigenvalue weighted by molar-refractivity contribution is 5.96. The Bertz CT molecular complexity index is 1090. The molecule has 5 heteroatoms. The van der Waals surface area contributed by atoms with Crippen LogP contribution in [0.3, 0.4) is 0 Å². The number of carbonyl (C=O) groups is 2. The molecule has 0 atom stereocenters. The average Bonchev–Trinajstić information content (AvgIpc) is 3.28. The van der Waals surface area contributed by atoms with Gasteiger partial charge in [-0.2, -0.15) is 0 Å². The molecule has 0 spiro atoms. The van der Waals surface area contributed by atoms with Gasteiger partial charge in [-0.3, -0.25) is 9.59 Å². The molecule has 184 valence electrons. The van der Waals surface area contributed by atoms with E-state index in [9.17, 15) is 9.59 Å². The molecule has 0 aliphatic heterocycles. The van der Waals surface area contributed by atoms with Crippen LogP contribution < -0.4 is 0 Å². The van der Waals surface area contributed by atoms with Crippen LogP contribution in [0.4, 0.5) is 0 Å². The molecule has 0 saturated heterocycles. The van der Waals surface area contributed by atoms with E-state index in [0.717, 1.165) is 24.2 Å². The first-order valence-corrected chi connectivity index (χ1v) is 12.4. The number of nitrogens with zero attached hydrogens (tertiary/aromatic N) is 2. The van der Waals surface area contributed by atoms with Crippen molar-refractivity contribution < 1.29 is 14.0 Å². The van der Waals surface area contributed by atoms with E-state index < -0.39 is 0 Å².